The first-order valence-electron chi connectivity index (χ1n) is 6.05. The summed E-state index contributed by atoms with van der Waals surface area (Å²) in [6.07, 6.45) is 3.71. The average Bonchev–Trinajstić information content (AvgIpc) is 2.17. The number of halogens is 1. The van der Waals surface area contributed by atoms with Gasteiger partial charge in [-0.3, -0.25) is 4.79 Å². The lowest BCUT2D eigenvalue weighted by Gasteiger charge is -2.28. The number of hydrogen-bond acceptors (Lipinski definition) is 2. The Balaban J connectivity index is 3.42. The van der Waals surface area contributed by atoms with E-state index in [1.165, 1.54) is 0 Å². The molecule has 4 heteroatoms. The van der Waals surface area contributed by atoms with Gasteiger partial charge in [-0.05, 0) is 26.2 Å². The first kappa shape index (κ1) is 15.7. The second kappa shape index (κ2) is 8.82. The minimum atomic E-state index is -0.0722. The van der Waals surface area contributed by atoms with Crippen LogP contribution in [0.1, 0.15) is 32.6 Å². The van der Waals surface area contributed by atoms with E-state index in [1.807, 2.05) is 6.92 Å². The van der Waals surface area contributed by atoms with E-state index in [4.69, 9.17) is 16.3 Å². The Morgan fingerprint density at radius 2 is 1.88 bits per heavy atom. The molecule has 0 spiro atoms. The summed E-state index contributed by atoms with van der Waals surface area (Å²) in [7, 11) is 4.38. The summed E-state index contributed by atoms with van der Waals surface area (Å²) in [6.45, 7) is 4.44. The molecule has 16 heavy (non-hydrogen) atoms. The fourth-order valence-electron chi connectivity index (χ4n) is 1.56. The van der Waals surface area contributed by atoms with Crippen molar-refractivity contribution in [1.82, 2.24) is 0 Å². The highest BCUT2D eigenvalue weighted by atomic mass is 35.5. The number of quaternary nitrogens is 1. The number of esters is 1. The van der Waals surface area contributed by atoms with Gasteiger partial charge in [0.1, 0.15) is 0 Å². The van der Waals surface area contributed by atoms with E-state index in [0.29, 0.717) is 18.9 Å². The first-order valence-corrected chi connectivity index (χ1v) is 6.59. The van der Waals surface area contributed by atoms with Crippen molar-refractivity contribution in [2.75, 3.05) is 39.7 Å². The highest BCUT2D eigenvalue weighted by Gasteiger charge is 2.13. The normalized spacial score (nSPS) is 11.5. The molecule has 0 fully saturated rings. The molecule has 0 heterocycles. The van der Waals surface area contributed by atoms with Gasteiger partial charge in [0.15, 0.2) is 0 Å². The van der Waals surface area contributed by atoms with Crippen LogP contribution in [0.15, 0.2) is 0 Å². The van der Waals surface area contributed by atoms with Crippen molar-refractivity contribution >= 4 is 17.6 Å². The topological polar surface area (TPSA) is 26.3 Å². The van der Waals surface area contributed by atoms with Gasteiger partial charge in [0.25, 0.3) is 0 Å². The highest BCUT2D eigenvalue weighted by Crippen LogP contribution is 2.06. The fourth-order valence-corrected chi connectivity index (χ4v) is 2.02. The predicted octanol–water partition coefficient (Wildman–Crippen LogP) is 2.43. The molecule has 0 N–H and O–H groups in total. The standard InChI is InChI=1S/C12H25ClNO2/c1-4-16-12(15)8-6-5-7-10-14(2,3)11-9-13/h4-11H2,1-3H3/q+1. The molecule has 0 aromatic heterocycles. The number of unbranched alkanes of at least 4 members (excludes halogenated alkanes) is 2. The van der Waals surface area contributed by atoms with Crippen LogP contribution in [0, 0.1) is 0 Å². The zero-order valence-electron chi connectivity index (χ0n) is 10.8. The molecule has 0 bridgehead atoms. The molecule has 0 aliphatic carbocycles. The van der Waals surface area contributed by atoms with Crippen LogP contribution in [0.4, 0.5) is 0 Å². The SMILES string of the molecule is CCOC(=O)CCCCC[N+](C)(C)CCCl. The van der Waals surface area contributed by atoms with Crippen molar-refractivity contribution in [2.24, 2.45) is 0 Å². The Labute approximate surface area is 104 Å². The van der Waals surface area contributed by atoms with Crippen molar-refractivity contribution in [3.63, 3.8) is 0 Å². The quantitative estimate of drug-likeness (QED) is 0.272. The molecular formula is C12H25ClNO2+. The summed E-state index contributed by atoms with van der Waals surface area (Å²) in [5.41, 5.74) is 0. The van der Waals surface area contributed by atoms with Gasteiger partial charge in [-0.1, -0.05) is 0 Å². The van der Waals surface area contributed by atoms with E-state index in [2.05, 4.69) is 14.1 Å². The smallest absolute Gasteiger partial charge is 0.305 e. The fraction of sp³-hybridized carbons (Fsp3) is 0.917. The summed E-state index contributed by atoms with van der Waals surface area (Å²) in [6, 6.07) is 0. The Morgan fingerprint density at radius 1 is 1.19 bits per heavy atom. The number of carbonyl (C=O) groups excluding carboxylic acids is 1. The number of ether oxygens (including phenoxy) is 1. The molecule has 0 rings (SSSR count). The number of carbonyl (C=O) groups is 1. The van der Waals surface area contributed by atoms with E-state index >= 15 is 0 Å². The molecule has 0 aliphatic heterocycles. The van der Waals surface area contributed by atoms with Crippen molar-refractivity contribution in [3.8, 4) is 0 Å². The summed E-state index contributed by atoms with van der Waals surface area (Å²) in [5, 5.41) is 0. The molecule has 0 aliphatic rings. The third-order valence-corrected chi connectivity index (χ3v) is 2.81. The second-order valence-corrected chi connectivity index (χ2v) is 5.07. The van der Waals surface area contributed by atoms with E-state index in [1.54, 1.807) is 0 Å². The van der Waals surface area contributed by atoms with Crippen LogP contribution >= 0.6 is 11.6 Å². The van der Waals surface area contributed by atoms with Crippen molar-refractivity contribution < 1.29 is 14.0 Å². The van der Waals surface area contributed by atoms with Gasteiger partial charge in [0, 0.05) is 6.42 Å². The molecule has 96 valence electrons. The number of hydrogen-bond donors (Lipinski definition) is 0. The van der Waals surface area contributed by atoms with Crippen LogP contribution in [0.25, 0.3) is 0 Å². The number of nitrogens with zero attached hydrogens (tertiary/aromatic N) is 1. The van der Waals surface area contributed by atoms with Crippen LogP contribution < -0.4 is 0 Å². The van der Waals surface area contributed by atoms with Gasteiger partial charge in [0.2, 0.25) is 0 Å². The third kappa shape index (κ3) is 8.98. The second-order valence-electron chi connectivity index (χ2n) is 4.69. The van der Waals surface area contributed by atoms with Gasteiger partial charge in [0.05, 0.1) is 39.7 Å². The minimum absolute atomic E-state index is 0.0722. The molecule has 0 aromatic rings. The van der Waals surface area contributed by atoms with E-state index in [-0.39, 0.29) is 5.97 Å². The van der Waals surface area contributed by atoms with Gasteiger partial charge in [-0.25, -0.2) is 0 Å². The maximum Gasteiger partial charge on any atom is 0.305 e. The summed E-state index contributed by atoms with van der Waals surface area (Å²) in [5.74, 6) is 0.632. The minimum Gasteiger partial charge on any atom is -0.466 e. The maximum atomic E-state index is 11.1. The molecule has 0 unspecified atom stereocenters. The number of rotatable bonds is 9. The van der Waals surface area contributed by atoms with E-state index in [0.717, 1.165) is 36.8 Å². The van der Waals surface area contributed by atoms with Crippen molar-refractivity contribution in [2.45, 2.75) is 32.6 Å². The van der Waals surface area contributed by atoms with Gasteiger partial charge in [-0.2, -0.15) is 0 Å². The van der Waals surface area contributed by atoms with E-state index < -0.39 is 0 Å². The van der Waals surface area contributed by atoms with Gasteiger partial charge >= 0.3 is 5.97 Å². The Hall–Kier alpha value is -0.280. The van der Waals surface area contributed by atoms with Crippen molar-refractivity contribution in [1.29, 1.82) is 0 Å². The molecule has 0 saturated heterocycles. The number of alkyl halides is 1. The largest absolute Gasteiger partial charge is 0.466 e. The molecule has 0 atom stereocenters. The molecule has 0 saturated carbocycles. The lowest BCUT2D eigenvalue weighted by molar-refractivity contribution is -0.888. The van der Waals surface area contributed by atoms with Crippen LogP contribution in [0.5, 0.6) is 0 Å². The van der Waals surface area contributed by atoms with Crippen molar-refractivity contribution in [3.05, 3.63) is 0 Å². The van der Waals surface area contributed by atoms with Gasteiger partial charge in [-0.15, -0.1) is 11.6 Å². The van der Waals surface area contributed by atoms with E-state index in [9.17, 15) is 4.79 Å². The zero-order valence-corrected chi connectivity index (χ0v) is 11.6. The highest BCUT2D eigenvalue weighted by molar-refractivity contribution is 6.17. The third-order valence-electron chi connectivity index (χ3n) is 2.64. The summed E-state index contributed by atoms with van der Waals surface area (Å²) in [4.78, 5) is 11.1. The monoisotopic (exact) mass is 250 g/mol. The molecule has 3 nitrogen and oxygen atoms in total. The molecular weight excluding hydrogens is 226 g/mol. The Bertz CT molecular complexity index is 195. The average molecular weight is 251 g/mol. The summed E-state index contributed by atoms with van der Waals surface area (Å²) >= 11 is 5.73. The molecule has 0 aromatic carbocycles. The summed E-state index contributed by atoms with van der Waals surface area (Å²) < 4.78 is 5.83. The zero-order chi connectivity index (χ0) is 12.4. The lowest BCUT2D eigenvalue weighted by atomic mass is 10.2. The molecule has 0 amide bonds. The van der Waals surface area contributed by atoms with Crippen LogP contribution in [-0.2, 0) is 9.53 Å². The molecule has 0 radical (unpaired) electrons. The Kier molecular flexibility index (Phi) is 8.67. The maximum absolute atomic E-state index is 11.1. The predicted molar refractivity (Wildman–Crippen MR) is 67.7 cm³/mol. The van der Waals surface area contributed by atoms with Gasteiger partial charge < -0.3 is 9.22 Å². The Morgan fingerprint density at radius 3 is 2.44 bits per heavy atom. The lowest BCUT2D eigenvalue weighted by Crippen LogP contribution is -2.41. The van der Waals surface area contributed by atoms with Crippen LogP contribution in [0.3, 0.4) is 0 Å². The van der Waals surface area contributed by atoms with Crippen LogP contribution in [0.2, 0.25) is 0 Å². The van der Waals surface area contributed by atoms with Crippen LogP contribution in [-0.4, -0.2) is 50.1 Å². The first-order chi connectivity index (χ1) is 7.52.